The molecule has 3 N–H and O–H groups in total. The molecule has 1 fully saturated rings. The number of pyridine rings is 1. The molecular formula is C20H19F3N4O3S. The molecule has 7 nitrogen and oxygen atoms in total. The molecule has 2 atom stereocenters. The summed E-state index contributed by atoms with van der Waals surface area (Å²) in [6.07, 6.45) is 1.50. The van der Waals surface area contributed by atoms with Crippen LogP contribution in [0.5, 0.6) is 5.75 Å². The first kappa shape index (κ1) is 21.4. The summed E-state index contributed by atoms with van der Waals surface area (Å²) in [5.74, 6) is -0.583. The van der Waals surface area contributed by atoms with Gasteiger partial charge in [0.1, 0.15) is 17.3 Å². The Morgan fingerprint density at radius 2 is 2.19 bits per heavy atom. The fourth-order valence-electron chi connectivity index (χ4n) is 3.78. The molecule has 0 bridgehead atoms. The number of amides is 1. The molecule has 2 aliphatic heterocycles. The van der Waals surface area contributed by atoms with Gasteiger partial charge in [0.15, 0.2) is 5.17 Å². The number of rotatable bonds is 5. The number of anilines is 1. The highest BCUT2D eigenvalue weighted by atomic mass is 32.2. The summed E-state index contributed by atoms with van der Waals surface area (Å²) in [6, 6.07) is 6.72. The maximum atomic E-state index is 14.9. The van der Waals surface area contributed by atoms with Gasteiger partial charge in [-0.1, -0.05) is 11.8 Å². The summed E-state index contributed by atoms with van der Waals surface area (Å²) < 4.78 is 49.2. The van der Waals surface area contributed by atoms with Crippen LogP contribution in [0.25, 0.3) is 0 Å². The number of carbonyl (C=O) groups excluding carboxylic acids is 1. The number of fused-ring (bicyclic) bond motifs is 1. The summed E-state index contributed by atoms with van der Waals surface area (Å²) in [5.41, 5.74) is 5.79. The quantitative estimate of drug-likeness (QED) is 0.722. The Bertz CT molecular complexity index is 1010. The van der Waals surface area contributed by atoms with E-state index in [0.717, 1.165) is 6.20 Å². The van der Waals surface area contributed by atoms with Crippen molar-refractivity contribution in [3.8, 4) is 5.75 Å². The average Bonchev–Trinajstić information content (AvgIpc) is 2.75. The van der Waals surface area contributed by atoms with E-state index in [0.29, 0.717) is 41.8 Å². The van der Waals surface area contributed by atoms with Gasteiger partial charge in [0.25, 0.3) is 5.91 Å². The van der Waals surface area contributed by atoms with Crippen LogP contribution in [0.1, 0.15) is 22.5 Å². The predicted octanol–water partition coefficient (Wildman–Crippen LogP) is 3.37. The number of aromatic nitrogens is 1. The minimum atomic E-state index is -2.98. The highest BCUT2D eigenvalue weighted by molar-refractivity contribution is 8.13. The van der Waals surface area contributed by atoms with Gasteiger partial charge < -0.3 is 20.5 Å². The zero-order valence-corrected chi connectivity index (χ0v) is 17.0. The van der Waals surface area contributed by atoms with Crippen LogP contribution in [0.15, 0.2) is 41.5 Å². The van der Waals surface area contributed by atoms with Gasteiger partial charge in [-0.2, -0.15) is 8.78 Å². The van der Waals surface area contributed by atoms with Crippen molar-refractivity contribution in [2.45, 2.75) is 18.6 Å². The van der Waals surface area contributed by atoms with E-state index in [2.05, 4.69) is 20.0 Å². The van der Waals surface area contributed by atoms with Gasteiger partial charge in [0.05, 0.1) is 18.3 Å². The van der Waals surface area contributed by atoms with Crippen LogP contribution in [0.2, 0.25) is 0 Å². The van der Waals surface area contributed by atoms with Crippen LogP contribution in [0.3, 0.4) is 0 Å². The zero-order chi connectivity index (χ0) is 22.0. The van der Waals surface area contributed by atoms with E-state index in [9.17, 15) is 18.0 Å². The van der Waals surface area contributed by atoms with E-state index in [-0.39, 0.29) is 17.4 Å². The lowest BCUT2D eigenvalue weighted by atomic mass is 9.75. The summed E-state index contributed by atoms with van der Waals surface area (Å²) in [5, 5.41) is 3.05. The molecule has 0 spiro atoms. The Labute approximate surface area is 180 Å². The largest absolute Gasteiger partial charge is 0.433 e. The van der Waals surface area contributed by atoms with E-state index >= 15 is 0 Å². The minimum absolute atomic E-state index is 0.00840. The summed E-state index contributed by atoms with van der Waals surface area (Å²) >= 11 is 1.41. The van der Waals surface area contributed by atoms with E-state index in [1.54, 1.807) is 6.07 Å². The number of nitrogens with two attached hydrogens (primary N) is 1. The molecule has 0 radical (unpaired) electrons. The molecule has 4 rings (SSSR count). The standard InChI is InChI=1S/C20H19F3N4O3S/c21-15-3-1-12(26-17(28)16-4-2-13(8-25-16)30-18(22)23)7-14(15)20-5-6-29-9-11(20)10-31-19(24)27-20/h1-4,7-8,11,18H,5-6,9-10H2,(H2,24,27)(H,26,28). The summed E-state index contributed by atoms with van der Waals surface area (Å²) in [4.78, 5) is 21.0. The maximum absolute atomic E-state index is 14.9. The Morgan fingerprint density at radius 1 is 1.35 bits per heavy atom. The first-order valence-corrected chi connectivity index (χ1v) is 10.4. The number of alkyl halides is 2. The number of hydrogen-bond acceptors (Lipinski definition) is 7. The van der Waals surface area contributed by atoms with Crippen LogP contribution in [0.4, 0.5) is 18.9 Å². The number of thioether (sulfide) groups is 1. The summed E-state index contributed by atoms with van der Waals surface area (Å²) in [7, 11) is 0. The van der Waals surface area contributed by atoms with Crippen molar-refractivity contribution >= 4 is 28.5 Å². The Hall–Kier alpha value is -2.79. The molecule has 2 aromatic rings. The van der Waals surface area contributed by atoms with Gasteiger partial charge in [-0.3, -0.25) is 9.79 Å². The SMILES string of the molecule is NC1=NC2(c3cc(NC(=O)c4ccc(OC(F)F)cn4)ccc3F)CCOCC2CS1. The number of benzene rings is 1. The van der Waals surface area contributed by atoms with Crippen molar-refractivity contribution in [1.82, 2.24) is 4.98 Å². The number of halogens is 3. The fourth-order valence-corrected chi connectivity index (χ4v) is 4.75. The number of carbonyl (C=O) groups is 1. The van der Waals surface area contributed by atoms with Crippen molar-refractivity contribution in [3.63, 3.8) is 0 Å². The van der Waals surface area contributed by atoms with E-state index in [4.69, 9.17) is 10.5 Å². The molecule has 0 saturated carbocycles. The zero-order valence-electron chi connectivity index (χ0n) is 16.2. The molecule has 31 heavy (non-hydrogen) atoms. The van der Waals surface area contributed by atoms with Crippen LogP contribution >= 0.6 is 11.8 Å². The molecule has 2 aliphatic rings. The smallest absolute Gasteiger partial charge is 0.387 e. The first-order valence-electron chi connectivity index (χ1n) is 9.45. The van der Waals surface area contributed by atoms with Gasteiger partial charge in [-0.25, -0.2) is 9.37 Å². The number of nitrogens with zero attached hydrogens (tertiary/aromatic N) is 2. The monoisotopic (exact) mass is 452 g/mol. The highest BCUT2D eigenvalue weighted by Gasteiger charge is 2.47. The molecule has 3 heterocycles. The molecule has 1 aromatic heterocycles. The topological polar surface area (TPSA) is 98.8 Å². The Kier molecular flexibility index (Phi) is 6.05. The number of hydrogen-bond donors (Lipinski definition) is 2. The maximum Gasteiger partial charge on any atom is 0.387 e. The van der Waals surface area contributed by atoms with Crippen LogP contribution < -0.4 is 15.8 Å². The van der Waals surface area contributed by atoms with Crippen molar-refractivity contribution in [3.05, 3.63) is 53.6 Å². The normalized spacial score (nSPS) is 23.1. The molecule has 1 aromatic carbocycles. The molecule has 0 aliphatic carbocycles. The van der Waals surface area contributed by atoms with E-state index in [1.807, 2.05) is 0 Å². The first-order chi connectivity index (χ1) is 14.9. The second-order valence-corrected chi connectivity index (χ2v) is 8.15. The minimum Gasteiger partial charge on any atom is -0.433 e. The number of amidine groups is 1. The number of nitrogens with one attached hydrogen (secondary N) is 1. The third kappa shape index (κ3) is 4.47. The average molecular weight is 452 g/mol. The van der Waals surface area contributed by atoms with Gasteiger partial charge in [-0.05, 0) is 30.3 Å². The van der Waals surface area contributed by atoms with Crippen molar-refractivity contribution in [2.75, 3.05) is 24.3 Å². The lowest BCUT2D eigenvalue weighted by Gasteiger charge is -2.44. The molecule has 1 amide bonds. The molecular weight excluding hydrogens is 433 g/mol. The molecule has 164 valence electrons. The second kappa shape index (κ2) is 8.75. The Morgan fingerprint density at radius 3 is 2.94 bits per heavy atom. The second-order valence-electron chi connectivity index (χ2n) is 7.11. The van der Waals surface area contributed by atoms with Gasteiger partial charge >= 0.3 is 6.61 Å². The highest BCUT2D eigenvalue weighted by Crippen LogP contribution is 2.46. The van der Waals surface area contributed by atoms with Crippen LogP contribution in [-0.2, 0) is 10.3 Å². The van der Waals surface area contributed by atoms with Gasteiger partial charge in [0.2, 0.25) is 0 Å². The fraction of sp³-hybridized carbons (Fsp3) is 0.350. The van der Waals surface area contributed by atoms with Crippen molar-refractivity contribution in [1.29, 1.82) is 0 Å². The predicted molar refractivity (Wildman–Crippen MR) is 110 cm³/mol. The molecule has 2 unspecified atom stereocenters. The third-order valence-electron chi connectivity index (χ3n) is 5.25. The molecule has 11 heteroatoms. The lowest BCUT2D eigenvalue weighted by Crippen LogP contribution is -2.47. The van der Waals surface area contributed by atoms with E-state index < -0.39 is 23.9 Å². The lowest BCUT2D eigenvalue weighted by molar-refractivity contribution is -0.0500. The van der Waals surface area contributed by atoms with Gasteiger partial charge in [-0.15, -0.1) is 0 Å². The Balaban J connectivity index is 1.59. The number of ether oxygens (including phenoxy) is 2. The molecule has 1 saturated heterocycles. The number of aliphatic imine (C=N–C) groups is 1. The van der Waals surface area contributed by atoms with E-state index in [1.165, 1.54) is 36.0 Å². The van der Waals surface area contributed by atoms with Crippen molar-refractivity contribution in [2.24, 2.45) is 16.6 Å². The van der Waals surface area contributed by atoms with Crippen LogP contribution in [-0.4, -0.2) is 41.6 Å². The van der Waals surface area contributed by atoms with Gasteiger partial charge in [0, 0.05) is 35.9 Å². The van der Waals surface area contributed by atoms with Crippen molar-refractivity contribution < 1.29 is 27.4 Å². The third-order valence-corrected chi connectivity index (χ3v) is 6.20. The van der Waals surface area contributed by atoms with Crippen LogP contribution in [0, 0.1) is 11.7 Å². The summed E-state index contributed by atoms with van der Waals surface area (Å²) in [6.45, 7) is -2.12.